The Morgan fingerprint density at radius 1 is 0.935 bits per heavy atom. The molecule has 0 saturated heterocycles. The Morgan fingerprint density at radius 2 is 1.65 bits per heavy atom. The van der Waals surface area contributed by atoms with E-state index in [1.807, 2.05) is 38.1 Å². The van der Waals surface area contributed by atoms with Crippen LogP contribution in [0, 0.1) is 19.7 Å². The second-order valence-electron chi connectivity index (χ2n) is 7.10. The number of amides is 2. The number of aryl methyl sites for hydroxylation is 2. The Bertz CT molecular complexity index is 1220. The van der Waals surface area contributed by atoms with Gasteiger partial charge in [-0.25, -0.2) is 9.29 Å². The van der Waals surface area contributed by atoms with E-state index in [4.69, 9.17) is 11.6 Å². The van der Waals surface area contributed by atoms with Gasteiger partial charge in [-0.1, -0.05) is 53.2 Å². The van der Waals surface area contributed by atoms with Crippen LogP contribution in [0.3, 0.4) is 0 Å². The van der Waals surface area contributed by atoms with E-state index >= 15 is 0 Å². The maximum absolute atomic E-state index is 14.4. The Hall–Kier alpha value is -3.09. The van der Waals surface area contributed by atoms with Gasteiger partial charge in [0, 0.05) is 15.6 Å². The lowest BCUT2D eigenvalue weighted by molar-refractivity contribution is -0.120. The zero-order valence-corrected chi connectivity index (χ0v) is 18.4. The number of thioether (sulfide) groups is 1. The minimum Gasteiger partial charge on any atom is -0.350 e. The van der Waals surface area contributed by atoms with Crippen molar-refractivity contribution in [1.29, 1.82) is 0 Å². The first-order valence-electron chi connectivity index (χ1n) is 9.50. The first-order valence-corrected chi connectivity index (χ1v) is 10.7. The molecule has 7 heteroatoms. The van der Waals surface area contributed by atoms with Gasteiger partial charge in [0.15, 0.2) is 0 Å². The third-order valence-electron chi connectivity index (χ3n) is 4.82. The molecule has 0 atom stereocenters. The highest BCUT2D eigenvalue weighted by atomic mass is 35.5. The highest BCUT2D eigenvalue weighted by molar-refractivity contribution is 8.04. The quantitative estimate of drug-likeness (QED) is 0.476. The fourth-order valence-electron chi connectivity index (χ4n) is 3.19. The minimum atomic E-state index is -0.646. The number of anilines is 2. The van der Waals surface area contributed by atoms with Crippen molar-refractivity contribution in [3.05, 3.63) is 99.3 Å². The number of carbonyl (C=O) groups excluding carboxylic acids is 2. The molecule has 156 valence electrons. The zero-order valence-electron chi connectivity index (χ0n) is 16.8. The van der Waals surface area contributed by atoms with Gasteiger partial charge >= 0.3 is 0 Å². The van der Waals surface area contributed by atoms with Gasteiger partial charge in [0.1, 0.15) is 16.4 Å². The molecule has 2 amide bonds. The molecule has 0 fully saturated rings. The summed E-state index contributed by atoms with van der Waals surface area (Å²) in [5, 5.41) is 3.65. The summed E-state index contributed by atoms with van der Waals surface area (Å²) in [6.45, 7) is 3.81. The first kappa shape index (κ1) is 21.2. The molecule has 3 aromatic rings. The predicted molar refractivity (Wildman–Crippen MR) is 123 cm³/mol. The van der Waals surface area contributed by atoms with Gasteiger partial charge in [0.05, 0.1) is 5.69 Å². The van der Waals surface area contributed by atoms with Gasteiger partial charge in [-0.2, -0.15) is 0 Å². The van der Waals surface area contributed by atoms with E-state index in [9.17, 15) is 14.0 Å². The summed E-state index contributed by atoms with van der Waals surface area (Å²) in [7, 11) is 0. The Morgan fingerprint density at radius 3 is 2.32 bits per heavy atom. The highest BCUT2D eigenvalue weighted by Crippen LogP contribution is 2.39. The van der Waals surface area contributed by atoms with Crippen LogP contribution < -0.4 is 10.2 Å². The second-order valence-corrected chi connectivity index (χ2v) is 8.62. The number of halogens is 2. The average Bonchev–Trinajstić information content (AvgIpc) is 2.96. The van der Waals surface area contributed by atoms with Gasteiger partial charge < -0.3 is 5.32 Å². The minimum absolute atomic E-state index is 0.0795. The van der Waals surface area contributed by atoms with E-state index in [0.717, 1.165) is 20.9 Å². The van der Waals surface area contributed by atoms with Crippen molar-refractivity contribution < 1.29 is 14.0 Å². The fourth-order valence-corrected chi connectivity index (χ4v) is 4.35. The van der Waals surface area contributed by atoms with Crippen LogP contribution in [0.1, 0.15) is 11.1 Å². The number of nitrogens with zero attached hydrogens (tertiary/aromatic N) is 1. The molecule has 3 aromatic carbocycles. The Labute approximate surface area is 188 Å². The number of imide groups is 1. The van der Waals surface area contributed by atoms with Crippen LogP contribution in [0.15, 0.2) is 82.2 Å². The zero-order chi connectivity index (χ0) is 22.1. The second kappa shape index (κ2) is 8.57. The van der Waals surface area contributed by atoms with Crippen LogP contribution in [0.4, 0.5) is 15.8 Å². The third-order valence-corrected chi connectivity index (χ3v) is 6.15. The topological polar surface area (TPSA) is 49.4 Å². The molecule has 0 unspecified atom stereocenters. The summed E-state index contributed by atoms with van der Waals surface area (Å²) < 4.78 is 14.4. The van der Waals surface area contributed by atoms with Crippen molar-refractivity contribution in [3.8, 4) is 0 Å². The molecule has 0 aliphatic carbocycles. The van der Waals surface area contributed by atoms with Gasteiger partial charge in [0.2, 0.25) is 0 Å². The summed E-state index contributed by atoms with van der Waals surface area (Å²) in [5.74, 6) is -1.83. The lowest BCUT2D eigenvalue weighted by Gasteiger charge is -2.16. The lowest BCUT2D eigenvalue weighted by atomic mass is 10.2. The SMILES string of the molecule is Cc1ccc(SC2=C(Nc3ccc(Cl)cc3C)C(=O)N(c3ccccc3F)C2=O)cc1. The number of benzene rings is 3. The van der Waals surface area contributed by atoms with E-state index in [2.05, 4.69) is 5.32 Å². The molecule has 1 heterocycles. The van der Waals surface area contributed by atoms with Crippen LogP contribution >= 0.6 is 23.4 Å². The first-order chi connectivity index (χ1) is 14.8. The summed E-state index contributed by atoms with van der Waals surface area (Å²) in [6.07, 6.45) is 0. The lowest BCUT2D eigenvalue weighted by Crippen LogP contribution is -2.33. The summed E-state index contributed by atoms with van der Waals surface area (Å²) in [4.78, 5) is 28.4. The maximum Gasteiger partial charge on any atom is 0.283 e. The van der Waals surface area contributed by atoms with Gasteiger partial charge in [-0.3, -0.25) is 9.59 Å². The number of para-hydroxylation sites is 1. The Balaban J connectivity index is 1.78. The van der Waals surface area contributed by atoms with E-state index in [1.54, 1.807) is 24.3 Å². The van der Waals surface area contributed by atoms with Crippen molar-refractivity contribution in [2.75, 3.05) is 10.2 Å². The molecule has 1 aliphatic heterocycles. The van der Waals surface area contributed by atoms with Crippen molar-refractivity contribution >= 4 is 46.6 Å². The van der Waals surface area contributed by atoms with Crippen molar-refractivity contribution in [2.24, 2.45) is 0 Å². The van der Waals surface area contributed by atoms with Crippen LogP contribution in [0.25, 0.3) is 0 Å². The highest BCUT2D eigenvalue weighted by Gasteiger charge is 2.41. The van der Waals surface area contributed by atoms with Crippen LogP contribution in [0.2, 0.25) is 5.02 Å². The normalized spacial score (nSPS) is 13.9. The number of carbonyl (C=O) groups is 2. The van der Waals surface area contributed by atoms with E-state index in [-0.39, 0.29) is 16.3 Å². The summed E-state index contributed by atoms with van der Waals surface area (Å²) in [5.41, 5.74) is 2.55. The number of hydrogen-bond acceptors (Lipinski definition) is 4. The molecule has 4 rings (SSSR count). The van der Waals surface area contributed by atoms with Gasteiger partial charge in [-0.05, 0) is 61.9 Å². The van der Waals surface area contributed by atoms with Crippen molar-refractivity contribution in [1.82, 2.24) is 0 Å². The molecule has 4 nitrogen and oxygen atoms in total. The molecule has 0 saturated carbocycles. The molecule has 1 aliphatic rings. The molecule has 0 radical (unpaired) electrons. The Kier molecular flexibility index (Phi) is 5.85. The van der Waals surface area contributed by atoms with Crippen LogP contribution in [-0.4, -0.2) is 11.8 Å². The molecule has 1 N–H and O–H groups in total. The third kappa shape index (κ3) is 4.22. The van der Waals surface area contributed by atoms with E-state index < -0.39 is 17.6 Å². The van der Waals surface area contributed by atoms with Crippen molar-refractivity contribution in [2.45, 2.75) is 18.7 Å². The molecule has 0 spiro atoms. The summed E-state index contributed by atoms with van der Waals surface area (Å²) in [6, 6.07) is 18.5. The summed E-state index contributed by atoms with van der Waals surface area (Å²) >= 11 is 7.21. The molecular weight excluding hydrogens is 435 g/mol. The number of rotatable bonds is 5. The standard InChI is InChI=1S/C24H18ClFN2O2S/c1-14-7-10-17(11-8-14)31-22-21(27-19-12-9-16(25)13-15(19)2)23(29)28(24(22)30)20-6-4-3-5-18(20)26/h3-13,27H,1-2H3. The largest absolute Gasteiger partial charge is 0.350 e. The van der Waals surface area contributed by atoms with Crippen LogP contribution in [0.5, 0.6) is 0 Å². The smallest absolute Gasteiger partial charge is 0.283 e. The van der Waals surface area contributed by atoms with E-state index in [1.165, 1.54) is 30.0 Å². The fraction of sp³-hybridized carbons (Fsp3) is 0.0833. The molecule has 0 bridgehead atoms. The van der Waals surface area contributed by atoms with Crippen molar-refractivity contribution in [3.63, 3.8) is 0 Å². The molecular formula is C24H18ClFN2O2S. The average molecular weight is 453 g/mol. The number of hydrogen-bond donors (Lipinski definition) is 1. The molecule has 0 aromatic heterocycles. The maximum atomic E-state index is 14.4. The van der Waals surface area contributed by atoms with Crippen LogP contribution in [-0.2, 0) is 9.59 Å². The van der Waals surface area contributed by atoms with Gasteiger partial charge in [0.25, 0.3) is 11.8 Å². The molecule has 31 heavy (non-hydrogen) atoms. The monoisotopic (exact) mass is 452 g/mol. The van der Waals surface area contributed by atoms with Gasteiger partial charge in [-0.15, -0.1) is 0 Å². The predicted octanol–water partition coefficient (Wildman–Crippen LogP) is 6.09. The number of nitrogens with one attached hydrogen (secondary N) is 1. The van der Waals surface area contributed by atoms with E-state index in [0.29, 0.717) is 10.7 Å².